The topological polar surface area (TPSA) is 23.5 Å². The molecule has 0 spiro atoms. The van der Waals surface area contributed by atoms with Gasteiger partial charge in [-0.25, -0.2) is 0 Å². The molecule has 0 saturated carbocycles. The number of halogens is 1. The third-order valence-electron chi connectivity index (χ3n) is 3.73. The Kier molecular flexibility index (Phi) is 8.20. The molecule has 0 aromatic heterocycles. The Bertz CT molecular complexity index is 381. The highest BCUT2D eigenvalue weighted by atomic mass is 35.5. The number of nitrogens with zero attached hydrogens (tertiary/aromatic N) is 1. The smallest absolute Gasteiger partial charge is 0.0816 e. The van der Waals surface area contributed by atoms with Crippen molar-refractivity contribution in [1.29, 1.82) is 0 Å². The first-order chi connectivity index (χ1) is 9.56. The molecule has 0 heterocycles. The Hall–Kier alpha value is -0.570. The quantitative estimate of drug-likeness (QED) is 0.670. The third-order valence-corrected chi connectivity index (χ3v) is 4.08. The van der Waals surface area contributed by atoms with Crippen LogP contribution >= 0.6 is 11.6 Å². The van der Waals surface area contributed by atoms with E-state index >= 15 is 0 Å². The predicted octanol–water partition coefficient (Wildman–Crippen LogP) is 4.66. The molecule has 0 fully saturated rings. The molecular formula is C17H28ClNO. The minimum atomic E-state index is -0.476. The lowest BCUT2D eigenvalue weighted by molar-refractivity contribution is 0.129. The van der Waals surface area contributed by atoms with Crippen LogP contribution in [0.2, 0.25) is 5.02 Å². The molecule has 0 aliphatic heterocycles. The van der Waals surface area contributed by atoms with Crippen LogP contribution in [0, 0.1) is 0 Å². The average molecular weight is 298 g/mol. The van der Waals surface area contributed by atoms with Crippen molar-refractivity contribution in [1.82, 2.24) is 4.90 Å². The largest absolute Gasteiger partial charge is 0.388 e. The normalized spacial score (nSPS) is 13.2. The molecule has 2 nitrogen and oxygen atoms in total. The van der Waals surface area contributed by atoms with E-state index in [1.807, 2.05) is 24.3 Å². The van der Waals surface area contributed by atoms with E-state index < -0.39 is 6.10 Å². The maximum atomic E-state index is 10.3. The zero-order valence-corrected chi connectivity index (χ0v) is 13.7. The monoisotopic (exact) mass is 297 g/mol. The molecule has 0 amide bonds. The Morgan fingerprint density at radius 1 is 1.15 bits per heavy atom. The molecule has 20 heavy (non-hydrogen) atoms. The molecule has 1 unspecified atom stereocenters. The maximum absolute atomic E-state index is 10.3. The van der Waals surface area contributed by atoms with Crippen LogP contribution in [0.1, 0.15) is 58.1 Å². The van der Waals surface area contributed by atoms with Crippen molar-refractivity contribution in [2.75, 3.05) is 13.1 Å². The predicted molar refractivity (Wildman–Crippen MR) is 87.3 cm³/mol. The minimum absolute atomic E-state index is 0.476. The van der Waals surface area contributed by atoms with Crippen LogP contribution in [0.3, 0.4) is 0 Å². The standard InChI is InChI=1S/C17H28ClNO/c1-4-5-8-12-19(14(2)3)13-11-17(20)15-9-6-7-10-16(15)18/h6-7,9-10,14,17,20H,4-5,8,11-13H2,1-3H3. The first kappa shape index (κ1) is 17.5. The molecule has 1 rings (SSSR count). The van der Waals surface area contributed by atoms with Crippen LogP contribution in [-0.2, 0) is 0 Å². The van der Waals surface area contributed by atoms with Crippen molar-refractivity contribution >= 4 is 11.6 Å². The Morgan fingerprint density at radius 2 is 1.85 bits per heavy atom. The first-order valence-corrected chi connectivity index (χ1v) is 8.10. The Labute approximate surface area is 128 Å². The van der Waals surface area contributed by atoms with E-state index in [2.05, 4.69) is 25.7 Å². The summed E-state index contributed by atoms with van der Waals surface area (Å²) in [6.45, 7) is 8.68. The van der Waals surface area contributed by atoms with Crippen molar-refractivity contribution < 1.29 is 5.11 Å². The number of rotatable bonds is 9. The molecule has 0 saturated heterocycles. The molecule has 114 valence electrons. The van der Waals surface area contributed by atoms with E-state index in [1.165, 1.54) is 19.3 Å². The lowest BCUT2D eigenvalue weighted by atomic mass is 10.1. The molecular weight excluding hydrogens is 270 g/mol. The van der Waals surface area contributed by atoms with Gasteiger partial charge in [0.15, 0.2) is 0 Å². The van der Waals surface area contributed by atoms with Crippen LogP contribution in [-0.4, -0.2) is 29.1 Å². The van der Waals surface area contributed by atoms with Crippen LogP contribution in [0.25, 0.3) is 0 Å². The Balaban J connectivity index is 2.48. The third kappa shape index (κ3) is 5.82. The molecule has 0 aliphatic carbocycles. The van der Waals surface area contributed by atoms with E-state index in [4.69, 9.17) is 11.6 Å². The van der Waals surface area contributed by atoms with Gasteiger partial charge in [0.2, 0.25) is 0 Å². The minimum Gasteiger partial charge on any atom is -0.388 e. The van der Waals surface area contributed by atoms with Gasteiger partial charge in [0.05, 0.1) is 6.10 Å². The summed E-state index contributed by atoms with van der Waals surface area (Å²) in [4.78, 5) is 2.44. The summed E-state index contributed by atoms with van der Waals surface area (Å²) in [6.07, 6.45) is 4.01. The second kappa shape index (κ2) is 9.38. The highest BCUT2D eigenvalue weighted by Gasteiger charge is 2.15. The lowest BCUT2D eigenvalue weighted by Gasteiger charge is -2.27. The van der Waals surface area contributed by atoms with Gasteiger partial charge in [0, 0.05) is 17.6 Å². The maximum Gasteiger partial charge on any atom is 0.0816 e. The van der Waals surface area contributed by atoms with Crippen LogP contribution < -0.4 is 0 Å². The average Bonchev–Trinajstić information content (AvgIpc) is 2.42. The van der Waals surface area contributed by atoms with Gasteiger partial charge in [0.1, 0.15) is 0 Å². The van der Waals surface area contributed by atoms with Gasteiger partial charge in [-0.1, -0.05) is 49.6 Å². The summed E-state index contributed by atoms with van der Waals surface area (Å²) in [7, 11) is 0. The van der Waals surface area contributed by atoms with Gasteiger partial charge in [-0.05, 0) is 44.9 Å². The van der Waals surface area contributed by atoms with E-state index in [0.29, 0.717) is 11.1 Å². The number of benzene rings is 1. The molecule has 1 aromatic carbocycles. The van der Waals surface area contributed by atoms with Crippen molar-refractivity contribution in [3.63, 3.8) is 0 Å². The number of hydrogen-bond acceptors (Lipinski definition) is 2. The van der Waals surface area contributed by atoms with E-state index in [9.17, 15) is 5.11 Å². The lowest BCUT2D eigenvalue weighted by Crippen LogP contribution is -2.33. The van der Waals surface area contributed by atoms with E-state index in [-0.39, 0.29) is 0 Å². The second-order valence-corrected chi connectivity index (χ2v) is 6.07. The zero-order valence-electron chi connectivity index (χ0n) is 13.0. The first-order valence-electron chi connectivity index (χ1n) is 7.72. The summed E-state index contributed by atoms with van der Waals surface area (Å²) < 4.78 is 0. The van der Waals surface area contributed by atoms with Crippen molar-refractivity contribution in [2.45, 2.75) is 58.6 Å². The molecule has 0 aliphatic rings. The van der Waals surface area contributed by atoms with Gasteiger partial charge < -0.3 is 10.0 Å². The van der Waals surface area contributed by atoms with Gasteiger partial charge in [0.25, 0.3) is 0 Å². The van der Waals surface area contributed by atoms with Crippen LogP contribution in [0.15, 0.2) is 24.3 Å². The molecule has 3 heteroatoms. The molecule has 0 radical (unpaired) electrons. The summed E-state index contributed by atoms with van der Waals surface area (Å²) in [6, 6.07) is 8.08. The summed E-state index contributed by atoms with van der Waals surface area (Å²) in [5.41, 5.74) is 0.839. The van der Waals surface area contributed by atoms with Crippen molar-refractivity contribution in [3.8, 4) is 0 Å². The number of unbranched alkanes of at least 4 members (excludes halogenated alkanes) is 2. The second-order valence-electron chi connectivity index (χ2n) is 5.66. The van der Waals surface area contributed by atoms with Crippen molar-refractivity contribution in [2.24, 2.45) is 0 Å². The van der Waals surface area contributed by atoms with Gasteiger partial charge >= 0.3 is 0 Å². The molecule has 1 N–H and O–H groups in total. The fourth-order valence-corrected chi connectivity index (χ4v) is 2.64. The van der Waals surface area contributed by atoms with Gasteiger partial charge in [-0.2, -0.15) is 0 Å². The zero-order chi connectivity index (χ0) is 15.0. The summed E-state index contributed by atoms with van der Waals surface area (Å²) in [5.74, 6) is 0. The number of aliphatic hydroxyl groups is 1. The summed E-state index contributed by atoms with van der Waals surface area (Å²) in [5, 5.41) is 10.9. The fraction of sp³-hybridized carbons (Fsp3) is 0.647. The van der Waals surface area contributed by atoms with Crippen LogP contribution in [0.4, 0.5) is 0 Å². The highest BCUT2D eigenvalue weighted by molar-refractivity contribution is 6.31. The van der Waals surface area contributed by atoms with E-state index in [0.717, 1.165) is 25.1 Å². The number of aliphatic hydroxyl groups excluding tert-OH is 1. The van der Waals surface area contributed by atoms with Gasteiger partial charge in [-0.15, -0.1) is 0 Å². The SMILES string of the molecule is CCCCCN(CCC(O)c1ccccc1Cl)C(C)C. The van der Waals surface area contributed by atoms with Gasteiger partial charge in [-0.3, -0.25) is 0 Å². The summed E-state index contributed by atoms with van der Waals surface area (Å²) >= 11 is 6.13. The molecule has 0 bridgehead atoms. The van der Waals surface area contributed by atoms with E-state index in [1.54, 1.807) is 0 Å². The fourth-order valence-electron chi connectivity index (χ4n) is 2.38. The molecule has 1 atom stereocenters. The van der Waals surface area contributed by atoms with Crippen molar-refractivity contribution in [3.05, 3.63) is 34.9 Å². The highest BCUT2D eigenvalue weighted by Crippen LogP contribution is 2.25. The number of hydrogen-bond donors (Lipinski definition) is 1. The Morgan fingerprint density at radius 3 is 2.45 bits per heavy atom. The van der Waals surface area contributed by atoms with Crippen LogP contribution in [0.5, 0.6) is 0 Å². The molecule has 1 aromatic rings.